The van der Waals surface area contributed by atoms with E-state index in [0.29, 0.717) is 30.9 Å². The molecule has 0 radical (unpaired) electrons. The van der Waals surface area contributed by atoms with Crippen molar-refractivity contribution in [2.24, 2.45) is 0 Å². The summed E-state index contributed by atoms with van der Waals surface area (Å²) in [4.78, 5) is 28.8. The molecule has 4 rings (SSSR count). The Hall–Kier alpha value is -2.40. The Morgan fingerprint density at radius 1 is 1.00 bits per heavy atom. The van der Waals surface area contributed by atoms with Gasteiger partial charge in [-0.3, -0.25) is 14.5 Å². The smallest absolute Gasteiger partial charge is 0.261 e. The number of anilines is 1. The summed E-state index contributed by atoms with van der Waals surface area (Å²) < 4.78 is 5.42. The number of imide groups is 1. The summed E-state index contributed by atoms with van der Waals surface area (Å²) in [5.41, 5.74) is 2.31. The molecule has 0 aromatic heterocycles. The third-order valence-corrected chi connectivity index (χ3v) is 4.64. The van der Waals surface area contributed by atoms with Crippen LogP contribution in [-0.4, -0.2) is 49.6 Å². The first-order valence-corrected chi connectivity index (χ1v) is 7.97. The Labute approximate surface area is 134 Å². The van der Waals surface area contributed by atoms with Crippen molar-refractivity contribution < 1.29 is 14.3 Å². The summed E-state index contributed by atoms with van der Waals surface area (Å²) in [6.07, 6.45) is 0. The van der Waals surface area contributed by atoms with Crippen molar-refractivity contribution in [2.45, 2.75) is 6.92 Å². The van der Waals surface area contributed by atoms with E-state index in [1.807, 2.05) is 37.3 Å². The van der Waals surface area contributed by atoms with Crippen molar-refractivity contribution in [1.82, 2.24) is 4.90 Å². The topological polar surface area (TPSA) is 49.9 Å². The van der Waals surface area contributed by atoms with Gasteiger partial charge in [0.1, 0.15) is 0 Å². The van der Waals surface area contributed by atoms with Crippen molar-refractivity contribution in [3.63, 3.8) is 0 Å². The lowest BCUT2D eigenvalue weighted by atomic mass is 9.92. The van der Waals surface area contributed by atoms with Crippen molar-refractivity contribution in [3.05, 3.63) is 41.5 Å². The van der Waals surface area contributed by atoms with E-state index in [1.54, 1.807) is 0 Å². The second-order valence-electron chi connectivity index (χ2n) is 5.81. The molecule has 1 saturated heterocycles. The second kappa shape index (κ2) is 5.35. The van der Waals surface area contributed by atoms with Crippen molar-refractivity contribution in [3.8, 4) is 0 Å². The van der Waals surface area contributed by atoms with E-state index in [4.69, 9.17) is 4.74 Å². The highest BCUT2D eigenvalue weighted by molar-refractivity contribution is 6.26. The Morgan fingerprint density at radius 3 is 2.39 bits per heavy atom. The van der Waals surface area contributed by atoms with Gasteiger partial charge in [-0.2, -0.15) is 0 Å². The number of nitrogens with zero attached hydrogens (tertiary/aromatic N) is 2. The highest BCUT2D eigenvalue weighted by Crippen LogP contribution is 2.36. The van der Waals surface area contributed by atoms with Gasteiger partial charge in [-0.1, -0.05) is 12.1 Å². The van der Waals surface area contributed by atoms with Crippen molar-refractivity contribution in [2.75, 3.05) is 37.7 Å². The Morgan fingerprint density at radius 2 is 1.70 bits per heavy atom. The predicted molar refractivity (Wildman–Crippen MR) is 88.0 cm³/mol. The SMILES string of the molecule is CCN1C(=O)c2cccc3c(N4CCOCC4)ccc(c23)C1=O. The zero-order valence-electron chi connectivity index (χ0n) is 13.0. The minimum atomic E-state index is -0.199. The minimum absolute atomic E-state index is 0.199. The van der Waals surface area contributed by atoms with E-state index < -0.39 is 0 Å². The third kappa shape index (κ3) is 2.04. The number of hydrogen-bond donors (Lipinski definition) is 0. The molecule has 0 aliphatic carbocycles. The van der Waals surface area contributed by atoms with Gasteiger partial charge in [0.15, 0.2) is 0 Å². The standard InChI is InChI=1S/C18H18N2O3/c1-2-20-17(21)13-5-3-4-12-15(19-8-10-23-11-9-19)7-6-14(16(12)13)18(20)22/h3-7H,2,8-11H2,1H3. The van der Waals surface area contributed by atoms with Crippen LogP contribution in [0.4, 0.5) is 5.69 Å². The maximum Gasteiger partial charge on any atom is 0.261 e. The van der Waals surface area contributed by atoms with Crippen LogP contribution in [-0.2, 0) is 4.74 Å². The number of carbonyl (C=O) groups excluding carboxylic acids is 2. The average Bonchev–Trinajstić information content (AvgIpc) is 2.60. The van der Waals surface area contributed by atoms with Gasteiger partial charge in [-0.25, -0.2) is 0 Å². The van der Waals surface area contributed by atoms with Crippen LogP contribution in [0.2, 0.25) is 0 Å². The Kier molecular flexibility index (Phi) is 3.31. The maximum absolute atomic E-state index is 12.6. The molecule has 118 valence electrons. The molecule has 23 heavy (non-hydrogen) atoms. The van der Waals surface area contributed by atoms with E-state index in [2.05, 4.69) is 4.90 Å². The molecule has 2 aliphatic heterocycles. The highest BCUT2D eigenvalue weighted by atomic mass is 16.5. The zero-order valence-corrected chi connectivity index (χ0v) is 13.0. The average molecular weight is 310 g/mol. The summed E-state index contributed by atoms with van der Waals surface area (Å²) in [5.74, 6) is -0.399. The van der Waals surface area contributed by atoms with Gasteiger partial charge in [-0.05, 0) is 25.1 Å². The van der Waals surface area contributed by atoms with E-state index in [-0.39, 0.29) is 11.8 Å². The van der Waals surface area contributed by atoms with Crippen LogP contribution in [0.3, 0.4) is 0 Å². The van der Waals surface area contributed by atoms with Gasteiger partial charge in [0, 0.05) is 47.2 Å². The lowest BCUT2D eigenvalue weighted by molar-refractivity contribution is 0.0619. The molecule has 0 N–H and O–H groups in total. The second-order valence-corrected chi connectivity index (χ2v) is 5.81. The van der Waals surface area contributed by atoms with Crippen LogP contribution in [0.5, 0.6) is 0 Å². The van der Waals surface area contributed by atoms with Gasteiger partial charge in [0.05, 0.1) is 13.2 Å². The number of rotatable bonds is 2. The van der Waals surface area contributed by atoms with Gasteiger partial charge >= 0.3 is 0 Å². The van der Waals surface area contributed by atoms with Crippen LogP contribution < -0.4 is 4.90 Å². The molecule has 0 spiro atoms. The number of hydrogen-bond acceptors (Lipinski definition) is 4. The fourth-order valence-electron chi connectivity index (χ4n) is 3.50. The molecule has 0 atom stereocenters. The molecule has 2 heterocycles. The van der Waals surface area contributed by atoms with Crippen LogP contribution in [0.25, 0.3) is 10.8 Å². The van der Waals surface area contributed by atoms with E-state index in [9.17, 15) is 9.59 Å². The predicted octanol–water partition coefficient (Wildman–Crippen LogP) is 2.29. The molecule has 2 amide bonds. The first kappa shape index (κ1) is 14.2. The van der Waals surface area contributed by atoms with Crippen LogP contribution >= 0.6 is 0 Å². The molecule has 2 aliphatic rings. The van der Waals surface area contributed by atoms with Gasteiger partial charge in [0.25, 0.3) is 11.8 Å². The number of morpholine rings is 1. The van der Waals surface area contributed by atoms with Crippen LogP contribution in [0, 0.1) is 0 Å². The number of amides is 2. The van der Waals surface area contributed by atoms with E-state index >= 15 is 0 Å². The molecular weight excluding hydrogens is 292 g/mol. The molecule has 0 bridgehead atoms. The lowest BCUT2D eigenvalue weighted by Crippen LogP contribution is -2.40. The van der Waals surface area contributed by atoms with Gasteiger partial charge < -0.3 is 9.64 Å². The fraction of sp³-hybridized carbons (Fsp3) is 0.333. The van der Waals surface area contributed by atoms with E-state index in [1.165, 1.54) is 4.90 Å². The fourth-order valence-corrected chi connectivity index (χ4v) is 3.50. The Bertz CT molecular complexity index is 787. The molecule has 5 nitrogen and oxygen atoms in total. The van der Waals surface area contributed by atoms with Crippen molar-refractivity contribution >= 4 is 28.3 Å². The number of carbonyl (C=O) groups is 2. The summed E-state index contributed by atoms with van der Waals surface area (Å²) in [5, 5.41) is 1.76. The minimum Gasteiger partial charge on any atom is -0.378 e. The molecule has 0 saturated carbocycles. The first-order valence-electron chi connectivity index (χ1n) is 7.97. The normalized spacial score (nSPS) is 18.0. The quantitative estimate of drug-likeness (QED) is 0.799. The number of ether oxygens (including phenoxy) is 1. The molecule has 2 aromatic carbocycles. The highest BCUT2D eigenvalue weighted by Gasteiger charge is 2.32. The zero-order chi connectivity index (χ0) is 16.0. The maximum atomic E-state index is 12.6. The Balaban J connectivity index is 1.95. The number of benzene rings is 2. The summed E-state index contributed by atoms with van der Waals surface area (Å²) in [6, 6.07) is 9.55. The van der Waals surface area contributed by atoms with Gasteiger partial charge in [0.2, 0.25) is 0 Å². The van der Waals surface area contributed by atoms with Gasteiger partial charge in [-0.15, -0.1) is 0 Å². The lowest BCUT2D eigenvalue weighted by Gasteiger charge is -2.32. The largest absolute Gasteiger partial charge is 0.378 e. The summed E-state index contributed by atoms with van der Waals surface area (Å²) in [6.45, 7) is 5.25. The van der Waals surface area contributed by atoms with Crippen molar-refractivity contribution in [1.29, 1.82) is 0 Å². The van der Waals surface area contributed by atoms with Crippen LogP contribution in [0.15, 0.2) is 30.3 Å². The molecule has 2 aromatic rings. The molecule has 0 unspecified atom stereocenters. The van der Waals surface area contributed by atoms with E-state index in [0.717, 1.165) is 29.5 Å². The third-order valence-electron chi connectivity index (χ3n) is 4.64. The summed E-state index contributed by atoms with van der Waals surface area (Å²) >= 11 is 0. The molecule has 1 fully saturated rings. The first-order chi connectivity index (χ1) is 11.2. The molecule has 5 heteroatoms. The monoisotopic (exact) mass is 310 g/mol. The summed E-state index contributed by atoms with van der Waals surface area (Å²) in [7, 11) is 0. The van der Waals surface area contributed by atoms with Crippen LogP contribution in [0.1, 0.15) is 27.6 Å². The molecular formula is C18H18N2O3.